The van der Waals surface area contributed by atoms with Crippen molar-refractivity contribution < 1.29 is 15.1 Å². The average Bonchev–Trinajstić information content (AvgIpc) is 2.50. The number of rotatable bonds is 0. The summed E-state index contributed by atoms with van der Waals surface area (Å²) in [4.78, 5) is 0. The summed E-state index contributed by atoms with van der Waals surface area (Å²) in [6.07, 6.45) is 0. The molecule has 0 aliphatic rings. The minimum absolute atomic E-state index is 1.31. The van der Waals surface area contributed by atoms with Crippen molar-refractivity contribution in [3.63, 3.8) is 0 Å². The largest absolute Gasteiger partial charge is 0.631 e. The van der Waals surface area contributed by atoms with Crippen molar-refractivity contribution in [2.75, 3.05) is 0 Å². The molecular weight excluding hydrogens is 275 g/mol. The zero-order chi connectivity index (χ0) is 15.5. The van der Waals surface area contributed by atoms with Crippen LogP contribution >= 0.6 is 0 Å². The van der Waals surface area contributed by atoms with Crippen molar-refractivity contribution in [1.82, 2.24) is 0 Å². The first-order valence-corrected chi connectivity index (χ1v) is 6.99. The molecule has 0 aliphatic carbocycles. The van der Waals surface area contributed by atoms with E-state index in [-0.39, 0.29) is 0 Å². The maximum absolute atomic E-state index is 7.17. The first kappa shape index (κ1) is 14.5. The molecule has 0 saturated carbocycles. The molecule has 22 heavy (non-hydrogen) atoms. The highest BCUT2D eigenvalue weighted by atomic mass is 16.5. The summed E-state index contributed by atoms with van der Waals surface area (Å²) in [6, 6.07) is 26.2. The van der Waals surface area contributed by atoms with E-state index in [0.717, 1.165) is 0 Å². The van der Waals surface area contributed by atoms with E-state index in [1.807, 2.05) is 0 Å². The first-order valence-electron chi connectivity index (χ1n) is 6.99. The molecule has 0 amide bonds. The average molecular weight is 290 g/mol. The number of fused-ring (bicyclic) bond motifs is 3. The molecular formula is C18H15BO3. The number of hydrogen-bond acceptors (Lipinski definition) is 3. The number of hydrogen-bond donors (Lipinski definition) is 3. The summed E-state index contributed by atoms with van der Waals surface area (Å²) in [5.74, 6) is 0. The van der Waals surface area contributed by atoms with Gasteiger partial charge in [0.05, 0.1) is 0 Å². The lowest BCUT2D eigenvalue weighted by Gasteiger charge is -2.04. The van der Waals surface area contributed by atoms with Gasteiger partial charge in [0.2, 0.25) is 0 Å². The van der Waals surface area contributed by atoms with E-state index in [2.05, 4.69) is 72.8 Å². The van der Waals surface area contributed by atoms with Gasteiger partial charge in [0.25, 0.3) is 0 Å². The van der Waals surface area contributed by atoms with Crippen LogP contribution in [0.3, 0.4) is 0 Å². The van der Waals surface area contributed by atoms with E-state index in [9.17, 15) is 0 Å². The Labute approximate surface area is 128 Å². The van der Waals surface area contributed by atoms with Gasteiger partial charge in [0, 0.05) is 0 Å². The Morgan fingerprint density at radius 3 is 0.909 bits per heavy atom. The van der Waals surface area contributed by atoms with Gasteiger partial charge >= 0.3 is 7.32 Å². The highest BCUT2D eigenvalue weighted by Crippen LogP contribution is 2.27. The maximum atomic E-state index is 7.17. The molecule has 0 unspecified atom stereocenters. The predicted molar refractivity (Wildman–Crippen MR) is 91.4 cm³/mol. The second-order valence-electron chi connectivity index (χ2n) is 5.09. The van der Waals surface area contributed by atoms with Crippen LogP contribution in [0.5, 0.6) is 0 Å². The van der Waals surface area contributed by atoms with E-state index in [1.165, 1.54) is 32.3 Å². The zero-order valence-electron chi connectivity index (χ0n) is 11.8. The topological polar surface area (TPSA) is 60.7 Å². The lowest BCUT2D eigenvalue weighted by molar-refractivity contribution is 0.278. The Morgan fingerprint density at radius 1 is 0.455 bits per heavy atom. The molecule has 0 aliphatic heterocycles. The molecule has 0 bridgehead atoms. The molecule has 0 radical (unpaired) electrons. The Bertz CT molecular complexity index is 788. The van der Waals surface area contributed by atoms with Crippen LogP contribution in [0.15, 0.2) is 72.8 Å². The van der Waals surface area contributed by atoms with Crippen molar-refractivity contribution in [3.05, 3.63) is 72.8 Å². The molecule has 4 heteroatoms. The Morgan fingerprint density at radius 2 is 0.682 bits per heavy atom. The van der Waals surface area contributed by atoms with Crippen molar-refractivity contribution >= 4 is 39.6 Å². The van der Waals surface area contributed by atoms with E-state index < -0.39 is 7.32 Å². The normalized spacial score (nSPS) is 10.5. The molecule has 4 rings (SSSR count). The van der Waals surface area contributed by atoms with Crippen LogP contribution in [-0.2, 0) is 0 Å². The summed E-state index contributed by atoms with van der Waals surface area (Å²) in [6.45, 7) is 0. The van der Waals surface area contributed by atoms with Crippen LogP contribution in [0.25, 0.3) is 32.3 Å². The van der Waals surface area contributed by atoms with E-state index in [4.69, 9.17) is 15.1 Å². The molecule has 0 fully saturated rings. The Balaban J connectivity index is 0.000000325. The van der Waals surface area contributed by atoms with E-state index in [0.29, 0.717) is 0 Å². The molecule has 3 nitrogen and oxygen atoms in total. The van der Waals surface area contributed by atoms with Gasteiger partial charge in [-0.2, -0.15) is 0 Å². The molecule has 108 valence electrons. The van der Waals surface area contributed by atoms with E-state index in [1.54, 1.807) is 0 Å². The Kier molecular flexibility index (Phi) is 4.07. The van der Waals surface area contributed by atoms with E-state index >= 15 is 0 Å². The lowest BCUT2D eigenvalue weighted by atomic mass is 10.00. The molecule has 0 aromatic heterocycles. The SMILES string of the molecule is OB(O)O.c1ccc2cc3cc4ccccc4cc3cc2c1. The van der Waals surface area contributed by atoms with Gasteiger partial charge in [0.1, 0.15) is 0 Å². The molecule has 4 aromatic carbocycles. The highest BCUT2D eigenvalue weighted by Gasteiger charge is 2.00. The van der Waals surface area contributed by atoms with Crippen LogP contribution in [0, 0.1) is 0 Å². The van der Waals surface area contributed by atoms with Gasteiger partial charge in [-0.1, -0.05) is 48.5 Å². The smallest absolute Gasteiger partial charge is 0.402 e. The molecule has 0 heterocycles. The third kappa shape index (κ3) is 3.09. The Hall–Kier alpha value is -2.40. The van der Waals surface area contributed by atoms with Gasteiger partial charge in [-0.25, -0.2) is 0 Å². The zero-order valence-corrected chi connectivity index (χ0v) is 11.8. The van der Waals surface area contributed by atoms with Crippen LogP contribution in [0.1, 0.15) is 0 Å². The minimum atomic E-state index is -2.17. The van der Waals surface area contributed by atoms with Crippen LogP contribution in [0.2, 0.25) is 0 Å². The molecule has 0 atom stereocenters. The monoisotopic (exact) mass is 290 g/mol. The van der Waals surface area contributed by atoms with Crippen molar-refractivity contribution in [2.45, 2.75) is 0 Å². The van der Waals surface area contributed by atoms with Gasteiger partial charge in [-0.15, -0.1) is 0 Å². The third-order valence-electron chi connectivity index (χ3n) is 3.57. The number of benzene rings is 4. The fourth-order valence-electron chi connectivity index (χ4n) is 2.63. The van der Waals surface area contributed by atoms with Gasteiger partial charge in [-0.05, 0) is 56.6 Å². The summed E-state index contributed by atoms with van der Waals surface area (Å²) in [5.41, 5.74) is 0. The third-order valence-corrected chi connectivity index (χ3v) is 3.57. The van der Waals surface area contributed by atoms with Crippen LogP contribution < -0.4 is 0 Å². The highest BCUT2D eigenvalue weighted by molar-refractivity contribution is 6.30. The van der Waals surface area contributed by atoms with Crippen molar-refractivity contribution in [2.24, 2.45) is 0 Å². The second kappa shape index (κ2) is 6.16. The molecule has 0 spiro atoms. The van der Waals surface area contributed by atoms with Gasteiger partial charge in [-0.3, -0.25) is 0 Å². The summed E-state index contributed by atoms with van der Waals surface area (Å²) >= 11 is 0. The second-order valence-corrected chi connectivity index (χ2v) is 5.09. The molecule has 3 N–H and O–H groups in total. The fourth-order valence-corrected chi connectivity index (χ4v) is 2.63. The van der Waals surface area contributed by atoms with Crippen LogP contribution in [0.4, 0.5) is 0 Å². The van der Waals surface area contributed by atoms with Crippen molar-refractivity contribution in [1.29, 1.82) is 0 Å². The fraction of sp³-hybridized carbons (Fsp3) is 0. The summed E-state index contributed by atoms with van der Waals surface area (Å²) < 4.78 is 0. The summed E-state index contributed by atoms with van der Waals surface area (Å²) in [7, 11) is -2.17. The summed E-state index contributed by atoms with van der Waals surface area (Å²) in [5, 5.41) is 29.3. The predicted octanol–water partition coefficient (Wildman–Crippen LogP) is 3.09. The quantitative estimate of drug-likeness (QED) is 0.344. The lowest BCUT2D eigenvalue weighted by Crippen LogP contribution is -2.07. The van der Waals surface area contributed by atoms with Crippen molar-refractivity contribution in [3.8, 4) is 0 Å². The maximum Gasteiger partial charge on any atom is 0.631 e. The molecule has 0 saturated heterocycles. The first-order chi connectivity index (χ1) is 10.6. The van der Waals surface area contributed by atoms with Gasteiger partial charge < -0.3 is 15.1 Å². The minimum Gasteiger partial charge on any atom is -0.402 e. The van der Waals surface area contributed by atoms with Crippen LogP contribution in [-0.4, -0.2) is 22.4 Å². The molecule has 4 aromatic rings. The van der Waals surface area contributed by atoms with Gasteiger partial charge in [0.15, 0.2) is 0 Å². The standard InChI is InChI=1S/C18H12.BH3O3/c1-2-6-14-10-18-12-16-8-4-3-7-15(16)11-17(18)9-13(14)5-1;2-1(3)4/h1-12H;2-4H.